The molecule has 162 valence electrons. The molecule has 1 aliphatic rings. The normalized spacial score (nSPS) is 13.7. The van der Waals surface area contributed by atoms with Gasteiger partial charge < -0.3 is 15.4 Å². The number of halogens is 1. The molecule has 0 fully saturated rings. The predicted molar refractivity (Wildman–Crippen MR) is 124 cm³/mol. The first-order valence-corrected chi connectivity index (χ1v) is 10.5. The van der Waals surface area contributed by atoms with E-state index in [9.17, 15) is 4.79 Å². The summed E-state index contributed by atoms with van der Waals surface area (Å²) < 4.78 is 8.99. The van der Waals surface area contributed by atoms with Crippen LogP contribution in [0.2, 0.25) is 0 Å². The van der Waals surface area contributed by atoms with E-state index in [4.69, 9.17) is 4.74 Å². The number of guanidine groups is 1. The van der Waals surface area contributed by atoms with Gasteiger partial charge in [-0.1, -0.05) is 13.3 Å². The van der Waals surface area contributed by atoms with Crippen LogP contribution in [-0.4, -0.2) is 53.2 Å². The SMILES string of the molecule is CCCCOCCCNC(=NCCCn1nc2n(c1=O)CCCC2)NCC.I. The fourth-order valence-corrected chi connectivity index (χ4v) is 3.08. The highest BCUT2D eigenvalue weighted by Gasteiger charge is 2.16. The monoisotopic (exact) mass is 508 g/mol. The molecular formula is C19H37IN6O2. The Morgan fingerprint density at radius 3 is 2.75 bits per heavy atom. The van der Waals surface area contributed by atoms with Gasteiger partial charge in [-0.15, -0.1) is 24.0 Å². The maximum atomic E-state index is 12.3. The number of rotatable bonds is 12. The van der Waals surface area contributed by atoms with Crippen LogP contribution in [0, 0.1) is 0 Å². The smallest absolute Gasteiger partial charge is 0.345 e. The predicted octanol–water partition coefficient (Wildman–Crippen LogP) is 2.15. The first-order valence-electron chi connectivity index (χ1n) is 10.5. The molecule has 2 rings (SSSR count). The molecule has 28 heavy (non-hydrogen) atoms. The van der Waals surface area contributed by atoms with Gasteiger partial charge in [0.05, 0.1) is 0 Å². The van der Waals surface area contributed by atoms with Crippen LogP contribution in [0.25, 0.3) is 0 Å². The third-order valence-electron chi connectivity index (χ3n) is 4.57. The molecule has 0 aromatic carbocycles. The quantitative estimate of drug-likeness (QED) is 0.196. The van der Waals surface area contributed by atoms with Gasteiger partial charge in [-0.05, 0) is 39.0 Å². The Kier molecular flexibility index (Phi) is 13.2. The number of ether oxygens (including phenoxy) is 1. The van der Waals surface area contributed by atoms with E-state index in [2.05, 4.69) is 34.6 Å². The molecule has 0 saturated heterocycles. The number of hydrogen-bond acceptors (Lipinski definition) is 4. The molecular weight excluding hydrogens is 471 g/mol. The van der Waals surface area contributed by atoms with Crippen molar-refractivity contribution >= 4 is 29.9 Å². The van der Waals surface area contributed by atoms with Crippen LogP contribution in [0.1, 0.15) is 58.2 Å². The van der Waals surface area contributed by atoms with Crippen molar-refractivity contribution in [2.45, 2.75) is 71.9 Å². The first kappa shape index (κ1) is 24.9. The number of aryl methyl sites for hydroxylation is 2. The molecule has 0 aliphatic carbocycles. The van der Waals surface area contributed by atoms with Crippen LogP contribution >= 0.6 is 24.0 Å². The Bertz CT molecular complexity index is 628. The van der Waals surface area contributed by atoms with E-state index < -0.39 is 0 Å². The highest BCUT2D eigenvalue weighted by Crippen LogP contribution is 2.09. The second-order valence-electron chi connectivity index (χ2n) is 6.89. The van der Waals surface area contributed by atoms with E-state index in [0.29, 0.717) is 13.1 Å². The van der Waals surface area contributed by atoms with Crippen molar-refractivity contribution in [2.75, 3.05) is 32.8 Å². The van der Waals surface area contributed by atoms with E-state index >= 15 is 0 Å². The minimum absolute atomic E-state index is 0. The molecule has 0 unspecified atom stereocenters. The van der Waals surface area contributed by atoms with Gasteiger partial charge in [0.25, 0.3) is 0 Å². The summed E-state index contributed by atoms with van der Waals surface area (Å²) in [4.78, 5) is 16.9. The lowest BCUT2D eigenvalue weighted by Crippen LogP contribution is -2.38. The highest BCUT2D eigenvalue weighted by molar-refractivity contribution is 14.0. The molecule has 0 atom stereocenters. The largest absolute Gasteiger partial charge is 0.381 e. The van der Waals surface area contributed by atoms with E-state index in [1.54, 1.807) is 4.68 Å². The van der Waals surface area contributed by atoms with Crippen LogP contribution < -0.4 is 16.3 Å². The standard InChI is InChI=1S/C19H36N6O2.HI/c1-3-5-15-27-16-9-12-22-18(20-4-2)21-11-8-14-25-19(26)24-13-7-6-10-17(24)23-25;/h3-16H2,1-2H3,(H2,20,21,22);1H. The van der Waals surface area contributed by atoms with Gasteiger partial charge >= 0.3 is 5.69 Å². The summed E-state index contributed by atoms with van der Waals surface area (Å²) >= 11 is 0. The van der Waals surface area contributed by atoms with Crippen molar-refractivity contribution < 1.29 is 4.74 Å². The van der Waals surface area contributed by atoms with Crippen LogP contribution in [0.4, 0.5) is 0 Å². The second kappa shape index (κ2) is 14.8. The number of nitrogens with one attached hydrogen (secondary N) is 2. The average Bonchev–Trinajstić information content (AvgIpc) is 3.00. The third kappa shape index (κ3) is 8.50. The zero-order valence-electron chi connectivity index (χ0n) is 17.4. The molecule has 0 spiro atoms. The van der Waals surface area contributed by atoms with Crippen molar-refractivity contribution in [1.29, 1.82) is 0 Å². The van der Waals surface area contributed by atoms with Crippen molar-refractivity contribution in [3.63, 3.8) is 0 Å². The maximum absolute atomic E-state index is 12.3. The minimum Gasteiger partial charge on any atom is -0.381 e. The maximum Gasteiger partial charge on any atom is 0.345 e. The topological polar surface area (TPSA) is 85.5 Å². The zero-order valence-corrected chi connectivity index (χ0v) is 19.7. The van der Waals surface area contributed by atoms with Crippen molar-refractivity contribution in [1.82, 2.24) is 25.0 Å². The lowest BCUT2D eigenvalue weighted by Gasteiger charge is -2.11. The number of fused-ring (bicyclic) bond motifs is 1. The van der Waals surface area contributed by atoms with Crippen LogP contribution in [0.5, 0.6) is 0 Å². The molecule has 2 N–H and O–H groups in total. The highest BCUT2D eigenvalue weighted by atomic mass is 127. The summed E-state index contributed by atoms with van der Waals surface area (Å²) in [6, 6.07) is 0. The summed E-state index contributed by atoms with van der Waals surface area (Å²) in [6.07, 6.45) is 7.17. The Labute approximate surface area is 185 Å². The van der Waals surface area contributed by atoms with Gasteiger partial charge in [-0.25, -0.2) is 9.48 Å². The van der Waals surface area contributed by atoms with Gasteiger partial charge in [0, 0.05) is 52.4 Å². The Morgan fingerprint density at radius 1 is 1.18 bits per heavy atom. The molecule has 1 aliphatic heterocycles. The van der Waals surface area contributed by atoms with Crippen molar-refractivity contribution in [3.8, 4) is 0 Å². The number of hydrogen-bond donors (Lipinski definition) is 2. The number of aliphatic imine (C=N–C) groups is 1. The van der Waals surface area contributed by atoms with E-state index in [1.807, 2.05) is 4.57 Å². The summed E-state index contributed by atoms with van der Waals surface area (Å²) in [5.41, 5.74) is 0.0294. The molecule has 1 aromatic rings. The molecule has 1 aromatic heterocycles. The Hall–Kier alpha value is -1.10. The zero-order chi connectivity index (χ0) is 19.3. The number of unbranched alkanes of at least 4 members (excludes halogenated alkanes) is 1. The van der Waals surface area contributed by atoms with Crippen LogP contribution in [0.15, 0.2) is 9.79 Å². The molecule has 0 radical (unpaired) electrons. The molecule has 8 nitrogen and oxygen atoms in total. The van der Waals surface area contributed by atoms with Gasteiger partial charge in [0.15, 0.2) is 5.96 Å². The molecule has 0 bridgehead atoms. The van der Waals surface area contributed by atoms with E-state index in [-0.39, 0.29) is 29.7 Å². The Balaban J connectivity index is 0.00000392. The van der Waals surface area contributed by atoms with E-state index in [0.717, 1.165) is 83.2 Å². The minimum atomic E-state index is 0. The second-order valence-corrected chi connectivity index (χ2v) is 6.89. The molecule has 0 saturated carbocycles. The van der Waals surface area contributed by atoms with Crippen molar-refractivity contribution in [3.05, 3.63) is 16.3 Å². The van der Waals surface area contributed by atoms with Crippen molar-refractivity contribution in [2.24, 2.45) is 4.99 Å². The van der Waals surface area contributed by atoms with E-state index in [1.165, 1.54) is 6.42 Å². The lowest BCUT2D eigenvalue weighted by molar-refractivity contribution is 0.129. The average molecular weight is 508 g/mol. The van der Waals surface area contributed by atoms with Crippen LogP contribution in [-0.2, 0) is 24.2 Å². The summed E-state index contributed by atoms with van der Waals surface area (Å²) in [6.45, 7) is 9.60. The molecule has 2 heterocycles. The fourth-order valence-electron chi connectivity index (χ4n) is 3.08. The van der Waals surface area contributed by atoms with Gasteiger partial charge in [0.2, 0.25) is 0 Å². The lowest BCUT2D eigenvalue weighted by atomic mass is 10.2. The van der Waals surface area contributed by atoms with Gasteiger partial charge in [-0.3, -0.25) is 9.56 Å². The summed E-state index contributed by atoms with van der Waals surface area (Å²) in [5, 5.41) is 11.1. The Morgan fingerprint density at radius 2 is 2.00 bits per heavy atom. The number of aromatic nitrogens is 3. The molecule has 9 heteroatoms. The fraction of sp³-hybridized carbons (Fsp3) is 0.842. The van der Waals surface area contributed by atoms with Crippen LogP contribution in [0.3, 0.4) is 0 Å². The summed E-state index contributed by atoms with van der Waals surface area (Å²) in [7, 11) is 0. The third-order valence-corrected chi connectivity index (χ3v) is 4.57. The van der Waals surface area contributed by atoms with Gasteiger partial charge in [-0.2, -0.15) is 5.10 Å². The van der Waals surface area contributed by atoms with Gasteiger partial charge in [0.1, 0.15) is 5.82 Å². The molecule has 0 amide bonds. The summed E-state index contributed by atoms with van der Waals surface area (Å²) in [5.74, 6) is 1.76. The first-order chi connectivity index (χ1) is 13.3. The number of nitrogens with zero attached hydrogens (tertiary/aromatic N) is 4.